The maximum atomic E-state index is 12.4. The van der Waals surface area contributed by atoms with Crippen LogP contribution in [0, 0.1) is 0 Å². The van der Waals surface area contributed by atoms with Crippen LogP contribution >= 0.6 is 11.6 Å². The second kappa shape index (κ2) is 6.74. The molecule has 23 heavy (non-hydrogen) atoms. The number of ether oxygens (including phenoxy) is 1. The van der Waals surface area contributed by atoms with Crippen molar-refractivity contribution < 1.29 is 23.0 Å². The molecule has 2 N–H and O–H groups in total. The molecular weight excluding hydrogens is 335 g/mol. The van der Waals surface area contributed by atoms with Crippen molar-refractivity contribution in [3.63, 3.8) is 0 Å². The fourth-order valence-corrected chi connectivity index (χ4v) is 1.84. The summed E-state index contributed by atoms with van der Waals surface area (Å²) in [7, 11) is 1.37. The number of aromatic nitrogens is 1. The van der Waals surface area contributed by atoms with E-state index in [1.807, 2.05) is 0 Å². The summed E-state index contributed by atoms with van der Waals surface area (Å²) in [6.07, 6.45) is -2.38. The van der Waals surface area contributed by atoms with Crippen molar-refractivity contribution in [3.8, 4) is 11.5 Å². The van der Waals surface area contributed by atoms with Gasteiger partial charge < -0.3 is 9.84 Å². The molecule has 0 amide bonds. The Labute approximate surface area is 134 Å². The van der Waals surface area contributed by atoms with Crippen molar-refractivity contribution >= 4 is 23.6 Å². The lowest BCUT2D eigenvalue weighted by Gasteiger charge is -2.07. The molecule has 2 rings (SSSR count). The molecule has 0 bridgehead atoms. The quantitative estimate of drug-likeness (QED) is 0.651. The molecule has 0 saturated carbocycles. The minimum absolute atomic E-state index is 0.0819. The van der Waals surface area contributed by atoms with Crippen molar-refractivity contribution in [3.05, 3.63) is 46.6 Å². The third-order valence-corrected chi connectivity index (χ3v) is 3.04. The molecule has 0 aliphatic carbocycles. The largest absolute Gasteiger partial charge is 0.503 e. The van der Waals surface area contributed by atoms with Gasteiger partial charge in [-0.25, -0.2) is 4.98 Å². The van der Waals surface area contributed by atoms with E-state index in [1.165, 1.54) is 25.5 Å². The van der Waals surface area contributed by atoms with Crippen molar-refractivity contribution in [2.75, 3.05) is 12.5 Å². The first-order valence-electron chi connectivity index (χ1n) is 6.20. The molecule has 5 nitrogen and oxygen atoms in total. The number of hydrazone groups is 1. The maximum absolute atomic E-state index is 12.4. The first kappa shape index (κ1) is 16.9. The highest BCUT2D eigenvalue weighted by atomic mass is 35.5. The number of phenols is 1. The van der Waals surface area contributed by atoms with Gasteiger partial charge in [0.2, 0.25) is 0 Å². The molecule has 0 atom stereocenters. The van der Waals surface area contributed by atoms with Crippen molar-refractivity contribution in [2.24, 2.45) is 5.10 Å². The lowest BCUT2D eigenvalue weighted by atomic mass is 10.2. The first-order valence-corrected chi connectivity index (χ1v) is 6.58. The molecule has 0 aliphatic heterocycles. The monoisotopic (exact) mass is 345 g/mol. The third-order valence-electron chi connectivity index (χ3n) is 2.75. The van der Waals surface area contributed by atoms with E-state index in [4.69, 9.17) is 16.3 Å². The minimum atomic E-state index is -4.44. The summed E-state index contributed by atoms with van der Waals surface area (Å²) in [4.78, 5) is 3.61. The number of halogens is 4. The molecule has 0 fully saturated rings. The fraction of sp³-hybridized carbons (Fsp3) is 0.143. The number of phenolic OH excluding ortho intramolecular Hbond substituents is 1. The van der Waals surface area contributed by atoms with E-state index in [2.05, 4.69) is 15.5 Å². The van der Waals surface area contributed by atoms with E-state index in [0.717, 1.165) is 12.1 Å². The zero-order valence-electron chi connectivity index (χ0n) is 11.7. The predicted molar refractivity (Wildman–Crippen MR) is 80.1 cm³/mol. The predicted octanol–water partition coefficient (Wildman–Crippen LogP) is 3.91. The SMILES string of the molecule is COc1cc(/C=N\Nc2ccc(C(F)(F)F)cn2)cc(Cl)c1O. The summed E-state index contributed by atoms with van der Waals surface area (Å²) >= 11 is 5.82. The standard InChI is InChI=1S/C14H11ClF3N3O2/c1-23-11-5-8(4-10(15)13(11)22)6-20-21-12-3-2-9(7-19-12)14(16,17)18/h2-7,22H,1H3,(H,19,21)/b20-6-. The lowest BCUT2D eigenvalue weighted by molar-refractivity contribution is -0.137. The summed E-state index contributed by atoms with van der Waals surface area (Å²) < 4.78 is 42.1. The van der Waals surface area contributed by atoms with Crippen LogP contribution in [-0.4, -0.2) is 23.4 Å². The highest BCUT2D eigenvalue weighted by Crippen LogP contribution is 2.34. The van der Waals surface area contributed by atoms with Gasteiger partial charge in [0.25, 0.3) is 0 Å². The molecule has 0 radical (unpaired) electrons. The van der Waals surface area contributed by atoms with Gasteiger partial charge >= 0.3 is 6.18 Å². The van der Waals surface area contributed by atoms with Crippen LogP contribution in [0.15, 0.2) is 35.6 Å². The molecule has 0 saturated heterocycles. The Balaban J connectivity index is 2.09. The number of methoxy groups -OCH3 is 1. The van der Waals surface area contributed by atoms with Gasteiger partial charge in [0.05, 0.1) is 23.9 Å². The molecule has 0 spiro atoms. The summed E-state index contributed by atoms with van der Waals surface area (Å²) in [6.45, 7) is 0. The van der Waals surface area contributed by atoms with E-state index in [9.17, 15) is 18.3 Å². The van der Waals surface area contributed by atoms with Gasteiger partial charge in [0, 0.05) is 6.20 Å². The molecule has 1 aromatic carbocycles. The number of pyridine rings is 1. The van der Waals surface area contributed by atoms with Crippen molar-refractivity contribution in [1.29, 1.82) is 0 Å². The van der Waals surface area contributed by atoms with Crippen molar-refractivity contribution in [2.45, 2.75) is 6.18 Å². The molecule has 122 valence electrons. The van der Waals surface area contributed by atoms with Crippen LogP contribution in [-0.2, 0) is 6.18 Å². The number of rotatable bonds is 4. The van der Waals surface area contributed by atoms with Crippen LogP contribution in [0.3, 0.4) is 0 Å². The number of aromatic hydroxyl groups is 1. The number of alkyl halides is 3. The van der Waals surface area contributed by atoms with E-state index in [-0.39, 0.29) is 22.3 Å². The zero-order chi connectivity index (χ0) is 17.0. The van der Waals surface area contributed by atoms with Gasteiger partial charge in [-0.2, -0.15) is 18.3 Å². The Bertz CT molecular complexity index is 718. The average molecular weight is 346 g/mol. The molecule has 0 aliphatic rings. The number of nitrogens with zero attached hydrogens (tertiary/aromatic N) is 2. The normalized spacial score (nSPS) is 11.7. The number of benzene rings is 1. The van der Waals surface area contributed by atoms with Gasteiger partial charge in [-0.1, -0.05) is 11.6 Å². The molecular formula is C14H11ClF3N3O2. The minimum Gasteiger partial charge on any atom is -0.503 e. The fourth-order valence-electron chi connectivity index (χ4n) is 1.62. The topological polar surface area (TPSA) is 66.7 Å². The third kappa shape index (κ3) is 4.26. The number of anilines is 1. The van der Waals surface area contributed by atoms with Crippen LogP contribution < -0.4 is 10.2 Å². The zero-order valence-corrected chi connectivity index (χ0v) is 12.5. The van der Waals surface area contributed by atoms with Crippen LogP contribution in [0.5, 0.6) is 11.5 Å². The Hall–Kier alpha value is -2.48. The van der Waals surface area contributed by atoms with E-state index < -0.39 is 11.7 Å². The Morgan fingerprint density at radius 2 is 2.09 bits per heavy atom. The van der Waals surface area contributed by atoms with Gasteiger partial charge in [0.1, 0.15) is 5.82 Å². The number of hydrogen-bond acceptors (Lipinski definition) is 5. The Kier molecular flexibility index (Phi) is 4.95. The summed E-state index contributed by atoms with van der Waals surface area (Å²) in [5.74, 6) is 0.126. The van der Waals surface area contributed by atoms with Gasteiger partial charge in [0.15, 0.2) is 11.5 Å². The highest BCUT2D eigenvalue weighted by molar-refractivity contribution is 6.32. The molecule has 1 heterocycles. The number of hydrogen-bond donors (Lipinski definition) is 2. The lowest BCUT2D eigenvalue weighted by Crippen LogP contribution is -2.05. The maximum Gasteiger partial charge on any atom is 0.417 e. The van der Waals surface area contributed by atoms with Crippen LogP contribution in [0.25, 0.3) is 0 Å². The summed E-state index contributed by atoms with van der Waals surface area (Å²) in [5, 5.41) is 13.5. The van der Waals surface area contributed by atoms with E-state index >= 15 is 0 Å². The number of nitrogens with one attached hydrogen (secondary N) is 1. The highest BCUT2D eigenvalue weighted by Gasteiger charge is 2.30. The second-order valence-electron chi connectivity index (χ2n) is 4.35. The summed E-state index contributed by atoms with van der Waals surface area (Å²) in [6, 6.07) is 4.99. The Morgan fingerprint density at radius 1 is 1.35 bits per heavy atom. The smallest absolute Gasteiger partial charge is 0.417 e. The van der Waals surface area contributed by atoms with Gasteiger partial charge in [-0.05, 0) is 29.8 Å². The van der Waals surface area contributed by atoms with Gasteiger partial charge in [-0.15, -0.1) is 0 Å². The first-order chi connectivity index (χ1) is 10.8. The van der Waals surface area contributed by atoms with Gasteiger partial charge in [-0.3, -0.25) is 5.43 Å². The molecule has 9 heteroatoms. The molecule has 1 aromatic heterocycles. The molecule has 0 unspecified atom stereocenters. The van der Waals surface area contributed by atoms with Crippen molar-refractivity contribution in [1.82, 2.24) is 4.98 Å². The van der Waals surface area contributed by atoms with E-state index in [1.54, 1.807) is 0 Å². The van der Waals surface area contributed by atoms with E-state index in [0.29, 0.717) is 11.8 Å². The summed E-state index contributed by atoms with van der Waals surface area (Å²) in [5.41, 5.74) is 2.16. The molecule has 2 aromatic rings. The Morgan fingerprint density at radius 3 is 2.65 bits per heavy atom. The van der Waals surface area contributed by atoms with Crippen LogP contribution in [0.4, 0.5) is 19.0 Å². The average Bonchev–Trinajstić information content (AvgIpc) is 2.50. The van der Waals surface area contributed by atoms with Crippen LogP contribution in [0.1, 0.15) is 11.1 Å². The van der Waals surface area contributed by atoms with Crippen LogP contribution in [0.2, 0.25) is 5.02 Å². The second-order valence-corrected chi connectivity index (χ2v) is 4.76.